The maximum atomic E-state index is 11.0. The van der Waals surface area contributed by atoms with Gasteiger partial charge in [-0.05, 0) is 6.92 Å². The predicted molar refractivity (Wildman–Crippen MR) is 55.8 cm³/mol. The van der Waals surface area contributed by atoms with E-state index >= 15 is 0 Å². The molecular weight excluding hydrogens is 214 g/mol. The number of methoxy groups -OCH3 is 1. The molecule has 2 unspecified atom stereocenters. The van der Waals surface area contributed by atoms with E-state index < -0.39 is 24.4 Å². The molecule has 5 atom stereocenters. The van der Waals surface area contributed by atoms with Crippen LogP contribution in [0.4, 0.5) is 0 Å². The minimum absolute atomic E-state index is 0.229. The number of amides is 1. The Hall–Kier alpha value is -0.690. The first kappa shape index (κ1) is 13.4. The van der Waals surface area contributed by atoms with Gasteiger partial charge in [-0.25, -0.2) is 0 Å². The first-order chi connectivity index (χ1) is 7.51. The molecule has 0 radical (unpaired) electrons. The molecule has 0 aromatic heterocycles. The van der Waals surface area contributed by atoms with Gasteiger partial charge in [-0.3, -0.25) is 4.79 Å². The average molecular weight is 233 g/mol. The van der Waals surface area contributed by atoms with E-state index in [4.69, 9.17) is 14.6 Å². The van der Waals surface area contributed by atoms with Crippen molar-refractivity contribution in [3.8, 4) is 0 Å². The Morgan fingerprint density at radius 3 is 2.62 bits per heavy atom. The zero-order valence-electron chi connectivity index (χ0n) is 9.71. The monoisotopic (exact) mass is 233 g/mol. The number of nitrogens with one attached hydrogen (secondary N) is 1. The molecule has 3 N–H and O–H groups in total. The van der Waals surface area contributed by atoms with Gasteiger partial charge in [0, 0.05) is 14.0 Å². The van der Waals surface area contributed by atoms with Gasteiger partial charge in [0.25, 0.3) is 0 Å². The SMILES string of the molecule is CO[C@@H]1C(CO)O[C@@H](C)C(NC(C)=O)[C@H]1O. The van der Waals surface area contributed by atoms with Crippen LogP contribution in [0.25, 0.3) is 0 Å². The van der Waals surface area contributed by atoms with Crippen LogP contribution in [0.2, 0.25) is 0 Å². The molecule has 0 aliphatic carbocycles. The van der Waals surface area contributed by atoms with Crippen LogP contribution < -0.4 is 5.32 Å². The number of hydrogen-bond donors (Lipinski definition) is 3. The maximum Gasteiger partial charge on any atom is 0.217 e. The molecule has 0 aromatic rings. The third-order valence-corrected chi connectivity index (χ3v) is 2.79. The van der Waals surface area contributed by atoms with E-state index in [1.54, 1.807) is 6.92 Å². The summed E-state index contributed by atoms with van der Waals surface area (Å²) >= 11 is 0. The molecule has 16 heavy (non-hydrogen) atoms. The molecule has 0 spiro atoms. The van der Waals surface area contributed by atoms with Crippen LogP contribution in [0.1, 0.15) is 13.8 Å². The van der Waals surface area contributed by atoms with E-state index in [9.17, 15) is 9.90 Å². The van der Waals surface area contributed by atoms with Crippen LogP contribution >= 0.6 is 0 Å². The Morgan fingerprint density at radius 2 is 2.19 bits per heavy atom. The second-order valence-corrected chi connectivity index (χ2v) is 3.98. The second-order valence-electron chi connectivity index (χ2n) is 3.98. The summed E-state index contributed by atoms with van der Waals surface area (Å²) in [6.07, 6.45) is -2.48. The summed E-state index contributed by atoms with van der Waals surface area (Å²) in [5, 5.41) is 21.7. The van der Waals surface area contributed by atoms with E-state index in [0.717, 1.165) is 0 Å². The Balaban J connectivity index is 2.76. The van der Waals surface area contributed by atoms with Crippen LogP contribution in [-0.4, -0.2) is 60.3 Å². The van der Waals surface area contributed by atoms with E-state index in [-0.39, 0.29) is 18.6 Å². The molecule has 1 aliphatic rings. The number of hydrogen-bond acceptors (Lipinski definition) is 5. The van der Waals surface area contributed by atoms with E-state index in [1.165, 1.54) is 14.0 Å². The number of carbonyl (C=O) groups excluding carboxylic acids is 1. The summed E-state index contributed by atoms with van der Waals surface area (Å²) in [6, 6.07) is -0.523. The van der Waals surface area contributed by atoms with Crippen molar-refractivity contribution >= 4 is 5.91 Å². The fourth-order valence-corrected chi connectivity index (χ4v) is 2.02. The van der Waals surface area contributed by atoms with Gasteiger partial charge in [0.05, 0.1) is 18.8 Å². The molecule has 1 amide bonds. The van der Waals surface area contributed by atoms with Crippen LogP contribution in [0.15, 0.2) is 0 Å². The quantitative estimate of drug-likeness (QED) is 0.561. The summed E-state index contributed by atoms with van der Waals surface area (Å²) in [7, 11) is 1.43. The summed E-state index contributed by atoms with van der Waals surface area (Å²) in [5.41, 5.74) is 0. The van der Waals surface area contributed by atoms with Crippen molar-refractivity contribution in [2.75, 3.05) is 13.7 Å². The lowest BCUT2D eigenvalue weighted by molar-refractivity contribution is -0.199. The number of aliphatic hydroxyl groups is 2. The zero-order chi connectivity index (χ0) is 12.3. The van der Waals surface area contributed by atoms with E-state index in [1.807, 2.05) is 0 Å². The number of aliphatic hydroxyl groups excluding tert-OH is 2. The molecule has 0 saturated carbocycles. The van der Waals surface area contributed by atoms with Gasteiger partial charge in [-0.15, -0.1) is 0 Å². The highest BCUT2D eigenvalue weighted by molar-refractivity contribution is 5.73. The van der Waals surface area contributed by atoms with Crippen molar-refractivity contribution in [2.45, 2.75) is 44.3 Å². The van der Waals surface area contributed by atoms with Gasteiger partial charge in [0.15, 0.2) is 0 Å². The highest BCUT2D eigenvalue weighted by Gasteiger charge is 2.43. The second kappa shape index (κ2) is 5.58. The van der Waals surface area contributed by atoms with Crippen molar-refractivity contribution in [1.29, 1.82) is 0 Å². The first-order valence-corrected chi connectivity index (χ1v) is 5.25. The first-order valence-electron chi connectivity index (χ1n) is 5.25. The molecule has 1 saturated heterocycles. The van der Waals surface area contributed by atoms with Gasteiger partial charge in [0.2, 0.25) is 5.91 Å². The minimum atomic E-state index is -0.894. The lowest BCUT2D eigenvalue weighted by Gasteiger charge is -2.42. The van der Waals surface area contributed by atoms with Crippen LogP contribution in [0.5, 0.6) is 0 Å². The van der Waals surface area contributed by atoms with Gasteiger partial charge < -0.3 is 25.0 Å². The Bertz CT molecular complexity index is 247. The summed E-state index contributed by atoms with van der Waals surface area (Å²) in [4.78, 5) is 11.0. The van der Waals surface area contributed by atoms with Crippen LogP contribution in [0.3, 0.4) is 0 Å². The normalized spacial score (nSPS) is 39.4. The van der Waals surface area contributed by atoms with Crippen LogP contribution in [0, 0.1) is 0 Å². The third kappa shape index (κ3) is 2.70. The highest BCUT2D eigenvalue weighted by atomic mass is 16.6. The third-order valence-electron chi connectivity index (χ3n) is 2.79. The Labute approximate surface area is 94.5 Å². The number of rotatable bonds is 3. The van der Waals surface area contributed by atoms with Crippen molar-refractivity contribution in [3.63, 3.8) is 0 Å². The molecule has 6 nitrogen and oxygen atoms in total. The van der Waals surface area contributed by atoms with Crippen molar-refractivity contribution in [1.82, 2.24) is 5.32 Å². The molecule has 1 fully saturated rings. The lowest BCUT2D eigenvalue weighted by atomic mass is 9.93. The van der Waals surface area contributed by atoms with E-state index in [0.29, 0.717) is 0 Å². The smallest absolute Gasteiger partial charge is 0.217 e. The Kier molecular flexibility index (Phi) is 4.67. The summed E-state index contributed by atoms with van der Waals surface area (Å²) in [6.45, 7) is 2.88. The van der Waals surface area contributed by atoms with Gasteiger partial charge in [-0.2, -0.15) is 0 Å². The fourth-order valence-electron chi connectivity index (χ4n) is 2.02. The van der Waals surface area contributed by atoms with Gasteiger partial charge >= 0.3 is 0 Å². The molecular formula is C10H19NO5. The molecule has 0 bridgehead atoms. The number of ether oxygens (including phenoxy) is 2. The van der Waals surface area contributed by atoms with Crippen molar-refractivity contribution in [2.24, 2.45) is 0 Å². The fraction of sp³-hybridized carbons (Fsp3) is 0.900. The van der Waals surface area contributed by atoms with Crippen molar-refractivity contribution in [3.05, 3.63) is 0 Å². The van der Waals surface area contributed by atoms with Crippen molar-refractivity contribution < 1.29 is 24.5 Å². The average Bonchev–Trinajstić information content (AvgIpc) is 2.23. The number of carbonyl (C=O) groups is 1. The molecule has 1 heterocycles. The summed E-state index contributed by atoms with van der Waals surface area (Å²) in [5.74, 6) is -0.239. The van der Waals surface area contributed by atoms with Gasteiger partial charge in [-0.1, -0.05) is 0 Å². The standard InChI is InChI=1S/C10H19NO5/c1-5-8(11-6(2)13)9(14)10(15-3)7(4-12)16-5/h5,7-10,12,14H,4H2,1-3H3,(H,11,13)/t5-,7?,8?,9+,10+/m0/s1. The minimum Gasteiger partial charge on any atom is -0.394 e. The molecule has 1 aliphatic heterocycles. The molecule has 1 rings (SSSR count). The largest absolute Gasteiger partial charge is 0.394 e. The molecule has 6 heteroatoms. The summed E-state index contributed by atoms with van der Waals surface area (Å²) < 4.78 is 10.6. The molecule has 0 aromatic carbocycles. The van der Waals surface area contributed by atoms with Crippen LogP contribution in [-0.2, 0) is 14.3 Å². The molecule has 94 valence electrons. The highest BCUT2D eigenvalue weighted by Crippen LogP contribution is 2.22. The Morgan fingerprint density at radius 1 is 1.56 bits per heavy atom. The van der Waals surface area contributed by atoms with E-state index in [2.05, 4.69) is 5.32 Å². The maximum absolute atomic E-state index is 11.0. The predicted octanol–water partition coefficient (Wildman–Crippen LogP) is -1.35. The lowest BCUT2D eigenvalue weighted by Crippen LogP contribution is -2.63. The zero-order valence-corrected chi connectivity index (χ0v) is 9.71. The van der Waals surface area contributed by atoms with Gasteiger partial charge in [0.1, 0.15) is 18.3 Å². The topological polar surface area (TPSA) is 88.0 Å².